The summed E-state index contributed by atoms with van der Waals surface area (Å²) < 4.78 is 38.6. The fourth-order valence-corrected chi connectivity index (χ4v) is 2.98. The van der Waals surface area contributed by atoms with E-state index in [1.54, 1.807) is 0 Å². The molecule has 1 N–H and O–H groups in total. The molecule has 0 unspecified atom stereocenters. The van der Waals surface area contributed by atoms with Gasteiger partial charge in [-0.15, -0.1) is 0 Å². The zero-order chi connectivity index (χ0) is 11.6. The molecule has 5 nitrogen and oxygen atoms in total. The van der Waals surface area contributed by atoms with E-state index in [2.05, 4.69) is 10.3 Å². The molecule has 1 aliphatic heterocycles. The summed E-state index contributed by atoms with van der Waals surface area (Å²) >= 11 is 0. The van der Waals surface area contributed by atoms with Gasteiger partial charge >= 0.3 is 0 Å². The molecule has 7 heteroatoms. The predicted octanol–water partition coefficient (Wildman–Crippen LogP) is -0.185. The molecule has 1 aromatic heterocycles. The zero-order valence-electron chi connectivity index (χ0n) is 8.56. The molecule has 0 bridgehead atoms. The molecule has 1 fully saturated rings. The van der Waals surface area contributed by atoms with E-state index >= 15 is 0 Å². The van der Waals surface area contributed by atoms with Crippen LogP contribution in [0.25, 0.3) is 0 Å². The van der Waals surface area contributed by atoms with Crippen LogP contribution in [0.2, 0.25) is 0 Å². The molecule has 0 aliphatic carbocycles. The number of hydrogen-bond donors (Lipinski definition) is 1. The van der Waals surface area contributed by atoms with Crippen molar-refractivity contribution in [2.75, 3.05) is 26.2 Å². The predicted molar refractivity (Wildman–Crippen MR) is 55.8 cm³/mol. The molecule has 0 aromatic carbocycles. The van der Waals surface area contributed by atoms with Gasteiger partial charge in [-0.05, 0) is 12.1 Å². The van der Waals surface area contributed by atoms with Crippen molar-refractivity contribution in [3.05, 3.63) is 24.1 Å². The Morgan fingerprint density at radius 3 is 2.69 bits per heavy atom. The number of rotatable bonds is 2. The zero-order valence-corrected chi connectivity index (χ0v) is 9.37. The minimum absolute atomic E-state index is 0.346. The van der Waals surface area contributed by atoms with Crippen molar-refractivity contribution in [2.45, 2.75) is 5.03 Å². The van der Waals surface area contributed by atoms with Gasteiger partial charge in [0.05, 0.1) is 0 Å². The second-order valence-electron chi connectivity index (χ2n) is 3.44. The van der Waals surface area contributed by atoms with Crippen LogP contribution in [0.4, 0.5) is 4.39 Å². The lowest BCUT2D eigenvalue weighted by atomic mass is 10.4. The summed E-state index contributed by atoms with van der Waals surface area (Å²) in [7, 11) is -3.79. The lowest BCUT2D eigenvalue weighted by molar-refractivity contribution is 0.356. The number of aromatic nitrogens is 1. The molecular weight excluding hydrogens is 233 g/mol. The number of hydrogen-bond acceptors (Lipinski definition) is 4. The normalized spacial score (nSPS) is 18.6. The van der Waals surface area contributed by atoms with E-state index in [4.69, 9.17) is 0 Å². The van der Waals surface area contributed by atoms with E-state index in [9.17, 15) is 12.8 Å². The highest BCUT2D eigenvalue weighted by Crippen LogP contribution is 2.16. The Bertz CT molecular complexity index is 471. The van der Waals surface area contributed by atoms with Gasteiger partial charge in [-0.2, -0.15) is 4.31 Å². The van der Waals surface area contributed by atoms with Crippen LogP contribution in [0.5, 0.6) is 0 Å². The molecule has 0 spiro atoms. The van der Waals surface area contributed by atoms with Gasteiger partial charge in [0.15, 0.2) is 5.82 Å². The van der Waals surface area contributed by atoms with Crippen molar-refractivity contribution in [1.82, 2.24) is 14.6 Å². The Balaban J connectivity index is 2.35. The van der Waals surface area contributed by atoms with Gasteiger partial charge in [0, 0.05) is 32.4 Å². The Kier molecular flexibility index (Phi) is 3.17. The van der Waals surface area contributed by atoms with Crippen LogP contribution in [0.1, 0.15) is 0 Å². The van der Waals surface area contributed by atoms with Crippen LogP contribution in [0.15, 0.2) is 23.4 Å². The number of nitrogens with one attached hydrogen (secondary N) is 1. The molecule has 0 saturated carbocycles. The number of sulfonamides is 1. The molecule has 0 amide bonds. The van der Waals surface area contributed by atoms with E-state index in [1.165, 1.54) is 16.6 Å². The largest absolute Gasteiger partial charge is 0.314 e. The van der Waals surface area contributed by atoms with E-state index in [0.717, 1.165) is 6.07 Å². The lowest BCUT2D eigenvalue weighted by Crippen LogP contribution is -2.46. The fourth-order valence-electron chi connectivity index (χ4n) is 1.57. The second-order valence-corrected chi connectivity index (χ2v) is 5.30. The number of nitrogens with zero attached hydrogens (tertiary/aromatic N) is 2. The van der Waals surface area contributed by atoms with Crippen molar-refractivity contribution in [3.8, 4) is 0 Å². The van der Waals surface area contributed by atoms with Crippen LogP contribution >= 0.6 is 0 Å². The Hall–Kier alpha value is -1.05. The SMILES string of the molecule is O=S(=O)(c1ncccc1F)N1CCNCC1. The minimum atomic E-state index is -3.79. The standard InChI is InChI=1S/C9H12FN3O2S/c10-8-2-1-3-12-9(8)16(14,15)13-6-4-11-5-7-13/h1-3,11H,4-7H2. The summed E-state index contributed by atoms with van der Waals surface area (Å²) in [6, 6.07) is 2.47. The van der Waals surface area contributed by atoms with Crippen molar-refractivity contribution >= 4 is 10.0 Å². The number of piperazine rings is 1. The summed E-state index contributed by atoms with van der Waals surface area (Å²) in [5.74, 6) is -0.805. The highest BCUT2D eigenvalue weighted by molar-refractivity contribution is 7.89. The van der Waals surface area contributed by atoms with Crippen LogP contribution in [0, 0.1) is 5.82 Å². The highest BCUT2D eigenvalue weighted by atomic mass is 32.2. The minimum Gasteiger partial charge on any atom is -0.314 e. The monoisotopic (exact) mass is 245 g/mol. The van der Waals surface area contributed by atoms with E-state index in [0.29, 0.717) is 26.2 Å². The summed E-state index contributed by atoms with van der Waals surface area (Å²) in [4.78, 5) is 3.60. The second kappa shape index (κ2) is 4.44. The third kappa shape index (κ3) is 2.06. The first-order valence-corrected chi connectivity index (χ1v) is 6.38. The van der Waals surface area contributed by atoms with Gasteiger partial charge in [-0.25, -0.2) is 17.8 Å². The molecule has 2 heterocycles. The first-order chi connectivity index (χ1) is 7.62. The Morgan fingerprint density at radius 1 is 1.38 bits per heavy atom. The molecule has 2 rings (SSSR count). The lowest BCUT2D eigenvalue weighted by Gasteiger charge is -2.26. The molecule has 88 valence electrons. The van der Waals surface area contributed by atoms with E-state index in [-0.39, 0.29) is 0 Å². The average molecular weight is 245 g/mol. The van der Waals surface area contributed by atoms with Crippen molar-refractivity contribution < 1.29 is 12.8 Å². The van der Waals surface area contributed by atoms with Crippen molar-refractivity contribution in [2.24, 2.45) is 0 Å². The topological polar surface area (TPSA) is 62.3 Å². The van der Waals surface area contributed by atoms with E-state index in [1.807, 2.05) is 0 Å². The van der Waals surface area contributed by atoms with Gasteiger partial charge in [0.25, 0.3) is 10.0 Å². The first kappa shape index (κ1) is 11.4. The van der Waals surface area contributed by atoms with Gasteiger partial charge in [-0.3, -0.25) is 0 Å². The fraction of sp³-hybridized carbons (Fsp3) is 0.444. The van der Waals surface area contributed by atoms with Crippen LogP contribution in [0.3, 0.4) is 0 Å². The molecule has 0 atom stereocenters. The maximum Gasteiger partial charge on any atom is 0.263 e. The van der Waals surface area contributed by atoms with Gasteiger partial charge in [-0.1, -0.05) is 0 Å². The van der Waals surface area contributed by atoms with E-state index < -0.39 is 20.9 Å². The quantitative estimate of drug-likeness (QED) is 0.785. The number of halogens is 1. The Labute approximate surface area is 93.3 Å². The average Bonchev–Trinajstić information content (AvgIpc) is 2.30. The van der Waals surface area contributed by atoms with Gasteiger partial charge < -0.3 is 5.32 Å². The van der Waals surface area contributed by atoms with Gasteiger partial charge in [0.1, 0.15) is 0 Å². The Morgan fingerprint density at radius 2 is 2.06 bits per heavy atom. The molecule has 1 saturated heterocycles. The van der Waals surface area contributed by atoms with Crippen LogP contribution in [-0.2, 0) is 10.0 Å². The molecule has 1 aromatic rings. The molecular formula is C9H12FN3O2S. The maximum absolute atomic E-state index is 13.4. The smallest absolute Gasteiger partial charge is 0.263 e. The first-order valence-electron chi connectivity index (χ1n) is 4.94. The van der Waals surface area contributed by atoms with Crippen LogP contribution < -0.4 is 5.32 Å². The van der Waals surface area contributed by atoms with Crippen LogP contribution in [-0.4, -0.2) is 43.9 Å². The molecule has 1 aliphatic rings. The summed E-state index contributed by atoms with van der Waals surface area (Å²) in [6.07, 6.45) is 1.28. The molecule has 0 radical (unpaired) electrons. The summed E-state index contributed by atoms with van der Waals surface area (Å²) in [5, 5.41) is 2.54. The van der Waals surface area contributed by atoms with Crippen molar-refractivity contribution in [3.63, 3.8) is 0 Å². The van der Waals surface area contributed by atoms with Gasteiger partial charge in [0.2, 0.25) is 5.03 Å². The number of pyridine rings is 1. The summed E-state index contributed by atoms with van der Waals surface area (Å²) in [5.41, 5.74) is 0. The van der Waals surface area contributed by atoms with Crippen molar-refractivity contribution in [1.29, 1.82) is 0 Å². The maximum atomic E-state index is 13.4. The summed E-state index contributed by atoms with van der Waals surface area (Å²) in [6.45, 7) is 1.85. The highest BCUT2D eigenvalue weighted by Gasteiger charge is 2.29. The third-order valence-corrected chi connectivity index (χ3v) is 4.22. The third-order valence-electron chi connectivity index (χ3n) is 2.38. The molecule has 16 heavy (non-hydrogen) atoms.